The summed E-state index contributed by atoms with van der Waals surface area (Å²) in [6.45, 7) is 4.78. The molecule has 1 heterocycles. The van der Waals surface area contributed by atoms with Gasteiger partial charge in [0.05, 0.1) is 14.2 Å². The molecule has 1 aliphatic heterocycles. The zero-order valence-electron chi connectivity index (χ0n) is 15.3. The van der Waals surface area contributed by atoms with Crippen LogP contribution in [0.3, 0.4) is 0 Å². The Labute approximate surface area is 152 Å². The van der Waals surface area contributed by atoms with Gasteiger partial charge in [-0.1, -0.05) is 19.1 Å². The maximum absolute atomic E-state index is 11.0. The van der Waals surface area contributed by atoms with Crippen LogP contribution in [0.25, 0.3) is 21.5 Å². The second kappa shape index (κ2) is 6.25. The number of hydrogen-bond donors (Lipinski definition) is 2. The molecule has 136 valence electrons. The van der Waals surface area contributed by atoms with Gasteiger partial charge in [0.15, 0.2) is 23.0 Å². The van der Waals surface area contributed by atoms with Gasteiger partial charge in [-0.3, -0.25) is 4.90 Å². The second-order valence-corrected chi connectivity index (χ2v) is 6.69. The van der Waals surface area contributed by atoms with E-state index in [0.29, 0.717) is 11.5 Å². The van der Waals surface area contributed by atoms with Gasteiger partial charge in [-0.25, -0.2) is 0 Å². The van der Waals surface area contributed by atoms with Gasteiger partial charge in [0, 0.05) is 24.0 Å². The maximum Gasteiger partial charge on any atom is 0.169 e. The Kier molecular flexibility index (Phi) is 4.04. The number of phenols is 2. The second-order valence-electron chi connectivity index (χ2n) is 6.69. The quantitative estimate of drug-likeness (QED) is 0.701. The average Bonchev–Trinajstić information content (AvgIpc) is 2.67. The normalized spacial score (nSPS) is 14.6. The zero-order chi connectivity index (χ0) is 18.4. The van der Waals surface area contributed by atoms with Crippen LogP contribution in [-0.4, -0.2) is 42.4 Å². The summed E-state index contributed by atoms with van der Waals surface area (Å²) in [5.74, 6) is 1.20. The van der Waals surface area contributed by atoms with Gasteiger partial charge in [0.2, 0.25) is 0 Å². The van der Waals surface area contributed by atoms with Crippen molar-refractivity contribution < 1.29 is 19.7 Å². The van der Waals surface area contributed by atoms with Gasteiger partial charge in [0.1, 0.15) is 0 Å². The fourth-order valence-electron chi connectivity index (χ4n) is 4.06. The number of likely N-dealkylation sites (N-methyl/N-ethyl adjacent to an activating group) is 1. The molecule has 4 rings (SSSR count). The standard InChI is InChI=1S/C21H23NO4/c1-4-22-8-7-13-14-6-5-12-9-17(23)18(25-2)10-15(12)19(14)21(26-3)20(24)16(13)11-22/h5-6,9-10,23-24H,4,7-8,11H2,1-3H3. The summed E-state index contributed by atoms with van der Waals surface area (Å²) in [5.41, 5.74) is 2.13. The number of methoxy groups -OCH3 is 2. The molecule has 0 aromatic heterocycles. The highest BCUT2D eigenvalue weighted by Crippen LogP contribution is 2.47. The predicted octanol–water partition coefficient (Wildman–Crippen LogP) is 3.80. The molecule has 0 fully saturated rings. The largest absolute Gasteiger partial charge is 0.504 e. The van der Waals surface area contributed by atoms with E-state index >= 15 is 0 Å². The molecule has 0 saturated carbocycles. The number of fused-ring (bicyclic) bond motifs is 5. The van der Waals surface area contributed by atoms with Crippen molar-refractivity contribution in [3.63, 3.8) is 0 Å². The van der Waals surface area contributed by atoms with E-state index in [4.69, 9.17) is 9.47 Å². The summed E-state index contributed by atoms with van der Waals surface area (Å²) >= 11 is 0. The van der Waals surface area contributed by atoms with E-state index in [0.717, 1.165) is 53.2 Å². The molecule has 0 unspecified atom stereocenters. The van der Waals surface area contributed by atoms with Crippen molar-refractivity contribution in [1.29, 1.82) is 0 Å². The van der Waals surface area contributed by atoms with Gasteiger partial charge in [-0.2, -0.15) is 0 Å². The maximum atomic E-state index is 11.0. The van der Waals surface area contributed by atoms with E-state index in [1.807, 2.05) is 12.1 Å². The van der Waals surface area contributed by atoms with Crippen LogP contribution >= 0.6 is 0 Å². The molecule has 5 heteroatoms. The molecule has 5 nitrogen and oxygen atoms in total. The minimum Gasteiger partial charge on any atom is -0.504 e. The Morgan fingerprint density at radius 2 is 1.85 bits per heavy atom. The number of ether oxygens (including phenoxy) is 2. The molecule has 2 N–H and O–H groups in total. The lowest BCUT2D eigenvalue weighted by Gasteiger charge is -2.30. The molecule has 0 amide bonds. The molecular formula is C21H23NO4. The van der Waals surface area contributed by atoms with E-state index in [-0.39, 0.29) is 11.5 Å². The lowest BCUT2D eigenvalue weighted by Crippen LogP contribution is -2.30. The molecular weight excluding hydrogens is 330 g/mol. The van der Waals surface area contributed by atoms with Crippen LogP contribution in [0, 0.1) is 0 Å². The van der Waals surface area contributed by atoms with Crippen LogP contribution < -0.4 is 9.47 Å². The number of nitrogens with zero attached hydrogens (tertiary/aromatic N) is 1. The highest BCUT2D eigenvalue weighted by Gasteiger charge is 2.26. The topological polar surface area (TPSA) is 62.2 Å². The van der Waals surface area contributed by atoms with Gasteiger partial charge >= 0.3 is 0 Å². The molecule has 26 heavy (non-hydrogen) atoms. The van der Waals surface area contributed by atoms with Crippen LogP contribution in [0.4, 0.5) is 0 Å². The molecule has 3 aromatic carbocycles. The SMILES string of the molecule is CCN1CCc2c(c(O)c(OC)c3c2ccc2cc(O)c(OC)cc23)C1. The van der Waals surface area contributed by atoms with Crippen molar-refractivity contribution in [2.75, 3.05) is 27.3 Å². The smallest absolute Gasteiger partial charge is 0.169 e. The Balaban J connectivity index is 2.12. The van der Waals surface area contributed by atoms with Crippen LogP contribution in [0.15, 0.2) is 24.3 Å². The summed E-state index contributed by atoms with van der Waals surface area (Å²) in [6, 6.07) is 7.55. The van der Waals surface area contributed by atoms with Crippen molar-refractivity contribution >= 4 is 21.5 Å². The van der Waals surface area contributed by atoms with E-state index in [1.165, 1.54) is 12.7 Å². The first-order chi connectivity index (χ1) is 12.6. The fourth-order valence-corrected chi connectivity index (χ4v) is 4.06. The van der Waals surface area contributed by atoms with E-state index in [1.54, 1.807) is 13.2 Å². The molecule has 0 spiro atoms. The van der Waals surface area contributed by atoms with Crippen LogP contribution in [0.1, 0.15) is 18.1 Å². The Hall–Kier alpha value is -2.66. The van der Waals surface area contributed by atoms with Crippen molar-refractivity contribution in [3.05, 3.63) is 35.4 Å². The van der Waals surface area contributed by atoms with Crippen LogP contribution in [0.5, 0.6) is 23.0 Å². The molecule has 0 aliphatic carbocycles. The summed E-state index contributed by atoms with van der Waals surface area (Å²) in [6.07, 6.45) is 0.887. The lowest BCUT2D eigenvalue weighted by atomic mass is 9.89. The lowest BCUT2D eigenvalue weighted by molar-refractivity contribution is 0.261. The fraction of sp³-hybridized carbons (Fsp3) is 0.333. The number of phenolic OH excluding ortho intramolecular Hbond substituents is 2. The van der Waals surface area contributed by atoms with Crippen molar-refractivity contribution in [2.24, 2.45) is 0 Å². The number of benzene rings is 3. The first-order valence-electron chi connectivity index (χ1n) is 8.85. The van der Waals surface area contributed by atoms with Crippen molar-refractivity contribution in [2.45, 2.75) is 19.9 Å². The molecule has 0 atom stereocenters. The predicted molar refractivity (Wildman–Crippen MR) is 103 cm³/mol. The molecule has 0 bridgehead atoms. The minimum absolute atomic E-state index is 0.0964. The summed E-state index contributed by atoms with van der Waals surface area (Å²) < 4.78 is 10.9. The third kappa shape index (κ3) is 2.35. The Bertz CT molecular complexity index is 1010. The number of aromatic hydroxyl groups is 2. The van der Waals surface area contributed by atoms with Crippen LogP contribution in [-0.2, 0) is 13.0 Å². The minimum atomic E-state index is 0.0964. The Morgan fingerprint density at radius 3 is 2.54 bits per heavy atom. The third-order valence-electron chi connectivity index (χ3n) is 5.45. The molecule has 3 aromatic rings. The third-order valence-corrected chi connectivity index (χ3v) is 5.45. The first kappa shape index (κ1) is 16.8. The first-order valence-corrected chi connectivity index (χ1v) is 8.85. The van der Waals surface area contributed by atoms with Gasteiger partial charge < -0.3 is 19.7 Å². The van der Waals surface area contributed by atoms with E-state index < -0.39 is 0 Å². The summed E-state index contributed by atoms with van der Waals surface area (Å²) in [4.78, 5) is 2.31. The molecule has 1 aliphatic rings. The summed E-state index contributed by atoms with van der Waals surface area (Å²) in [5, 5.41) is 24.8. The highest BCUT2D eigenvalue weighted by molar-refractivity contribution is 6.14. The highest BCUT2D eigenvalue weighted by atomic mass is 16.5. The summed E-state index contributed by atoms with van der Waals surface area (Å²) in [7, 11) is 3.11. The molecule has 0 saturated heterocycles. The van der Waals surface area contributed by atoms with E-state index in [9.17, 15) is 10.2 Å². The zero-order valence-corrected chi connectivity index (χ0v) is 15.3. The van der Waals surface area contributed by atoms with Crippen LogP contribution in [0.2, 0.25) is 0 Å². The van der Waals surface area contributed by atoms with Gasteiger partial charge in [-0.05, 0) is 46.8 Å². The molecule has 0 radical (unpaired) electrons. The van der Waals surface area contributed by atoms with Gasteiger partial charge in [0.25, 0.3) is 0 Å². The monoisotopic (exact) mass is 353 g/mol. The Morgan fingerprint density at radius 1 is 1.04 bits per heavy atom. The number of rotatable bonds is 3. The van der Waals surface area contributed by atoms with Gasteiger partial charge in [-0.15, -0.1) is 0 Å². The van der Waals surface area contributed by atoms with Crippen molar-refractivity contribution in [1.82, 2.24) is 4.90 Å². The van der Waals surface area contributed by atoms with Crippen molar-refractivity contribution in [3.8, 4) is 23.0 Å². The van der Waals surface area contributed by atoms with E-state index in [2.05, 4.69) is 17.9 Å². The average molecular weight is 353 g/mol. The number of hydrogen-bond acceptors (Lipinski definition) is 5.